The molecule has 0 N–H and O–H groups in total. The van der Waals surface area contributed by atoms with Gasteiger partial charge >= 0.3 is 0 Å². The van der Waals surface area contributed by atoms with Crippen LogP contribution in [0, 0.1) is 0 Å². The molecule has 0 spiro atoms. The highest BCUT2D eigenvalue weighted by Gasteiger charge is 2.31. The Morgan fingerprint density at radius 3 is 2.73 bits per heavy atom. The lowest BCUT2D eigenvalue weighted by atomic mass is 9.95. The first kappa shape index (κ1) is 18.9. The highest BCUT2D eigenvalue weighted by atomic mass is 16.5. The van der Waals surface area contributed by atoms with Gasteiger partial charge in [0.15, 0.2) is 5.76 Å². The Kier molecular flexibility index (Phi) is 5.26. The van der Waals surface area contributed by atoms with Crippen molar-refractivity contribution < 1.29 is 13.9 Å². The van der Waals surface area contributed by atoms with Gasteiger partial charge in [-0.3, -0.25) is 4.79 Å². The second-order valence-electron chi connectivity index (χ2n) is 8.03. The fraction of sp³-hybridized carbons (Fsp3) is 0.435. The molecule has 0 bridgehead atoms. The normalized spacial score (nSPS) is 17.0. The highest BCUT2D eigenvalue weighted by Crippen LogP contribution is 2.30. The number of rotatable bonds is 5. The molecule has 1 fully saturated rings. The molecule has 156 valence electrons. The number of hydrogen-bond acceptors (Lipinski definition) is 5. The molecule has 0 unspecified atom stereocenters. The molecule has 30 heavy (non-hydrogen) atoms. The topological polar surface area (TPSA) is 73.4 Å². The number of fused-ring (bicyclic) bond motifs is 1. The van der Waals surface area contributed by atoms with Gasteiger partial charge in [-0.15, -0.1) is 10.2 Å². The first-order chi connectivity index (χ1) is 14.8. The number of furan rings is 1. The molecule has 0 saturated carbocycles. The van der Waals surface area contributed by atoms with Crippen LogP contribution < -0.4 is 4.74 Å². The molecule has 5 rings (SSSR count). The molecule has 2 aliphatic rings. The maximum atomic E-state index is 13.1. The maximum Gasteiger partial charge on any atom is 0.289 e. The SMILES string of the molecule is O=C(c1occc1COc1ccccc1)N1CCC(c2nnc3n2CCCC3)CC1. The van der Waals surface area contributed by atoms with E-state index in [1.54, 1.807) is 6.26 Å². The van der Waals surface area contributed by atoms with Crippen molar-refractivity contribution in [2.45, 2.75) is 51.2 Å². The second-order valence-corrected chi connectivity index (χ2v) is 8.03. The van der Waals surface area contributed by atoms with Gasteiger partial charge in [-0.2, -0.15) is 0 Å². The van der Waals surface area contributed by atoms with Gasteiger partial charge in [0.25, 0.3) is 5.91 Å². The average molecular weight is 406 g/mol. The van der Waals surface area contributed by atoms with Crippen LogP contribution in [0.15, 0.2) is 47.1 Å². The molecule has 2 aromatic heterocycles. The van der Waals surface area contributed by atoms with Crippen molar-refractivity contribution in [3.63, 3.8) is 0 Å². The predicted molar refractivity (Wildman–Crippen MR) is 110 cm³/mol. The number of piperidine rings is 1. The Hall–Kier alpha value is -3.09. The number of nitrogens with zero attached hydrogens (tertiary/aromatic N) is 4. The number of ether oxygens (including phenoxy) is 1. The number of carbonyl (C=O) groups excluding carboxylic acids is 1. The minimum atomic E-state index is -0.0617. The molecule has 0 radical (unpaired) electrons. The summed E-state index contributed by atoms with van der Waals surface area (Å²) in [5.41, 5.74) is 0.775. The largest absolute Gasteiger partial charge is 0.489 e. The summed E-state index contributed by atoms with van der Waals surface area (Å²) in [5, 5.41) is 8.87. The number of aryl methyl sites for hydroxylation is 1. The molecule has 2 aliphatic heterocycles. The summed E-state index contributed by atoms with van der Waals surface area (Å²) in [6.45, 7) is 2.73. The predicted octanol–water partition coefficient (Wildman–Crippen LogP) is 3.81. The number of carbonyl (C=O) groups is 1. The van der Waals surface area contributed by atoms with E-state index in [2.05, 4.69) is 14.8 Å². The summed E-state index contributed by atoms with van der Waals surface area (Å²) >= 11 is 0. The smallest absolute Gasteiger partial charge is 0.289 e. The van der Waals surface area contributed by atoms with E-state index in [-0.39, 0.29) is 5.91 Å². The molecule has 1 aromatic carbocycles. The van der Waals surface area contributed by atoms with Crippen LogP contribution in [0.4, 0.5) is 0 Å². The van der Waals surface area contributed by atoms with E-state index in [9.17, 15) is 4.79 Å². The van der Waals surface area contributed by atoms with Gasteiger partial charge in [-0.05, 0) is 43.9 Å². The van der Waals surface area contributed by atoms with Crippen LogP contribution >= 0.6 is 0 Å². The molecule has 7 nitrogen and oxygen atoms in total. The Balaban J connectivity index is 1.21. The first-order valence-corrected chi connectivity index (χ1v) is 10.7. The fourth-order valence-electron chi connectivity index (χ4n) is 4.43. The molecule has 3 aromatic rings. The maximum absolute atomic E-state index is 13.1. The quantitative estimate of drug-likeness (QED) is 0.644. The third-order valence-corrected chi connectivity index (χ3v) is 6.11. The number of amides is 1. The van der Waals surface area contributed by atoms with Crippen LogP contribution in [0.1, 0.15) is 59.4 Å². The van der Waals surface area contributed by atoms with Gasteiger partial charge in [-0.1, -0.05) is 18.2 Å². The van der Waals surface area contributed by atoms with E-state index in [1.165, 1.54) is 12.8 Å². The summed E-state index contributed by atoms with van der Waals surface area (Å²) in [6.07, 6.45) is 6.79. The number of aromatic nitrogens is 3. The average Bonchev–Trinajstić information content (AvgIpc) is 3.45. The van der Waals surface area contributed by atoms with Crippen LogP contribution in [0.25, 0.3) is 0 Å². The van der Waals surface area contributed by atoms with Crippen molar-refractivity contribution in [1.82, 2.24) is 19.7 Å². The molecular weight excluding hydrogens is 380 g/mol. The van der Waals surface area contributed by atoms with Crippen LogP contribution in [-0.4, -0.2) is 38.7 Å². The molecule has 0 atom stereocenters. The summed E-state index contributed by atoms with van der Waals surface area (Å²) < 4.78 is 13.6. The van der Waals surface area contributed by atoms with E-state index in [0.717, 1.165) is 48.8 Å². The lowest BCUT2D eigenvalue weighted by Gasteiger charge is -2.31. The minimum absolute atomic E-state index is 0.0617. The van der Waals surface area contributed by atoms with Crippen molar-refractivity contribution in [1.29, 1.82) is 0 Å². The van der Waals surface area contributed by atoms with E-state index < -0.39 is 0 Å². The molecule has 1 saturated heterocycles. The van der Waals surface area contributed by atoms with E-state index in [0.29, 0.717) is 31.4 Å². The molecular formula is C23H26N4O3. The molecule has 7 heteroatoms. The van der Waals surface area contributed by atoms with Gasteiger partial charge in [0.05, 0.1) is 6.26 Å². The van der Waals surface area contributed by atoms with E-state index in [4.69, 9.17) is 9.15 Å². The zero-order valence-electron chi connectivity index (χ0n) is 17.0. The van der Waals surface area contributed by atoms with Gasteiger partial charge in [-0.25, -0.2) is 0 Å². The van der Waals surface area contributed by atoms with E-state index in [1.807, 2.05) is 41.3 Å². The summed E-state index contributed by atoms with van der Waals surface area (Å²) in [7, 11) is 0. The number of hydrogen-bond donors (Lipinski definition) is 0. The van der Waals surface area contributed by atoms with Crippen LogP contribution in [0.3, 0.4) is 0 Å². The Labute approximate surface area is 175 Å². The lowest BCUT2D eigenvalue weighted by Crippen LogP contribution is -2.38. The Morgan fingerprint density at radius 2 is 1.90 bits per heavy atom. The van der Waals surface area contributed by atoms with Crippen molar-refractivity contribution >= 4 is 5.91 Å². The lowest BCUT2D eigenvalue weighted by molar-refractivity contribution is 0.0674. The standard InChI is InChI=1S/C23H26N4O3/c28-23(21-18(11-15-29-21)16-30-19-6-2-1-3-7-19)26-13-9-17(10-14-26)22-25-24-20-8-4-5-12-27(20)22/h1-3,6-7,11,15,17H,4-5,8-10,12-14,16H2. The second kappa shape index (κ2) is 8.34. The summed E-state index contributed by atoms with van der Waals surface area (Å²) in [6, 6.07) is 11.4. The zero-order valence-corrected chi connectivity index (χ0v) is 17.0. The van der Waals surface area contributed by atoms with Gasteiger partial charge in [0, 0.05) is 37.5 Å². The third kappa shape index (κ3) is 3.72. The minimum Gasteiger partial charge on any atom is -0.489 e. The zero-order chi connectivity index (χ0) is 20.3. The van der Waals surface area contributed by atoms with Gasteiger partial charge in [0.1, 0.15) is 24.0 Å². The van der Waals surface area contributed by atoms with Crippen LogP contribution in [-0.2, 0) is 19.6 Å². The number of likely N-dealkylation sites (tertiary alicyclic amines) is 1. The molecule has 0 aliphatic carbocycles. The molecule has 1 amide bonds. The monoisotopic (exact) mass is 406 g/mol. The van der Waals surface area contributed by atoms with Crippen molar-refractivity contribution in [2.75, 3.05) is 13.1 Å². The first-order valence-electron chi connectivity index (χ1n) is 10.7. The Bertz CT molecular complexity index is 1000. The molecule has 4 heterocycles. The third-order valence-electron chi connectivity index (χ3n) is 6.11. The summed E-state index contributed by atoms with van der Waals surface area (Å²) in [5.74, 6) is 3.68. The van der Waals surface area contributed by atoms with Crippen molar-refractivity contribution in [2.24, 2.45) is 0 Å². The van der Waals surface area contributed by atoms with Crippen LogP contribution in [0.2, 0.25) is 0 Å². The number of benzene rings is 1. The van der Waals surface area contributed by atoms with Crippen molar-refractivity contribution in [3.8, 4) is 5.75 Å². The number of para-hydroxylation sites is 1. The fourth-order valence-corrected chi connectivity index (χ4v) is 4.43. The highest BCUT2D eigenvalue weighted by molar-refractivity contribution is 5.93. The van der Waals surface area contributed by atoms with E-state index >= 15 is 0 Å². The van der Waals surface area contributed by atoms with Crippen LogP contribution in [0.5, 0.6) is 5.75 Å². The van der Waals surface area contributed by atoms with Gasteiger partial charge in [0.2, 0.25) is 0 Å². The summed E-state index contributed by atoms with van der Waals surface area (Å²) in [4.78, 5) is 14.9. The Morgan fingerprint density at radius 1 is 1.07 bits per heavy atom. The van der Waals surface area contributed by atoms with Crippen molar-refractivity contribution in [3.05, 3.63) is 65.6 Å². The van der Waals surface area contributed by atoms with Gasteiger partial charge < -0.3 is 18.6 Å².